The molecule has 1 aromatic heterocycles. The number of aryl methyl sites for hydroxylation is 1. The predicted octanol–water partition coefficient (Wildman–Crippen LogP) is 4.16. The van der Waals surface area contributed by atoms with E-state index >= 15 is 0 Å². The number of fused-ring (bicyclic) bond motifs is 1. The van der Waals surface area contributed by atoms with E-state index in [0.717, 1.165) is 53.5 Å². The molecule has 0 radical (unpaired) electrons. The smallest absolute Gasteiger partial charge is 0.251 e. The van der Waals surface area contributed by atoms with Crippen LogP contribution in [0.1, 0.15) is 41.6 Å². The van der Waals surface area contributed by atoms with Crippen LogP contribution < -0.4 is 15.5 Å². The lowest BCUT2D eigenvalue weighted by Gasteiger charge is -2.30. The first-order valence-electron chi connectivity index (χ1n) is 10.6. The molecule has 30 heavy (non-hydrogen) atoms. The van der Waals surface area contributed by atoms with Crippen molar-refractivity contribution >= 4 is 28.6 Å². The van der Waals surface area contributed by atoms with Crippen molar-refractivity contribution in [2.75, 3.05) is 24.3 Å². The van der Waals surface area contributed by atoms with Crippen molar-refractivity contribution in [2.24, 2.45) is 0 Å². The van der Waals surface area contributed by atoms with Gasteiger partial charge in [-0.25, -0.2) is 4.98 Å². The van der Waals surface area contributed by atoms with Crippen molar-refractivity contribution in [3.63, 3.8) is 0 Å². The molecule has 0 spiro atoms. The number of carbonyl (C=O) groups excluding carboxylic acids is 1. The molecule has 2 aromatic carbocycles. The van der Waals surface area contributed by atoms with Gasteiger partial charge in [-0.3, -0.25) is 4.79 Å². The number of para-hydroxylation sites is 1. The van der Waals surface area contributed by atoms with Gasteiger partial charge in [0.15, 0.2) is 0 Å². The zero-order valence-corrected chi connectivity index (χ0v) is 17.9. The maximum absolute atomic E-state index is 12.6. The maximum Gasteiger partial charge on any atom is 0.251 e. The van der Waals surface area contributed by atoms with Crippen LogP contribution in [0.2, 0.25) is 0 Å². The Hall–Kier alpha value is -3.15. The molecule has 3 aromatic rings. The molecule has 156 valence electrons. The molecule has 1 fully saturated rings. The van der Waals surface area contributed by atoms with Gasteiger partial charge in [0.25, 0.3) is 5.91 Å². The number of amides is 1. The van der Waals surface area contributed by atoms with Gasteiger partial charge < -0.3 is 15.5 Å². The average Bonchev–Trinajstić information content (AvgIpc) is 2.74. The second-order valence-electron chi connectivity index (χ2n) is 8.26. The van der Waals surface area contributed by atoms with Crippen LogP contribution >= 0.6 is 0 Å². The van der Waals surface area contributed by atoms with E-state index in [1.54, 1.807) is 0 Å². The van der Waals surface area contributed by atoms with Gasteiger partial charge in [0.2, 0.25) is 5.95 Å². The Morgan fingerprint density at radius 3 is 2.33 bits per heavy atom. The summed E-state index contributed by atoms with van der Waals surface area (Å²) in [6.07, 6.45) is 3.85. The molecule has 0 bridgehead atoms. The summed E-state index contributed by atoms with van der Waals surface area (Å²) >= 11 is 0. The minimum Gasteiger partial charge on any atom is -0.362 e. The summed E-state index contributed by atoms with van der Waals surface area (Å²) in [6.45, 7) is 1.97. The van der Waals surface area contributed by atoms with Crippen LogP contribution in [0, 0.1) is 6.92 Å². The highest BCUT2D eigenvalue weighted by Crippen LogP contribution is 2.26. The van der Waals surface area contributed by atoms with E-state index < -0.39 is 0 Å². The average molecular weight is 404 g/mol. The normalized spacial score (nSPS) is 18.8. The number of anilines is 2. The summed E-state index contributed by atoms with van der Waals surface area (Å²) < 4.78 is 0. The Morgan fingerprint density at radius 2 is 1.60 bits per heavy atom. The number of hydrogen-bond donors (Lipinski definition) is 2. The quantitative estimate of drug-likeness (QED) is 0.669. The van der Waals surface area contributed by atoms with Gasteiger partial charge in [-0.15, -0.1) is 0 Å². The summed E-state index contributed by atoms with van der Waals surface area (Å²) in [4.78, 5) is 24.1. The number of aromatic nitrogens is 2. The van der Waals surface area contributed by atoms with Gasteiger partial charge in [0.1, 0.15) is 5.82 Å². The highest BCUT2D eigenvalue weighted by Gasteiger charge is 2.24. The molecule has 1 aliphatic rings. The topological polar surface area (TPSA) is 70.2 Å². The molecule has 0 unspecified atom stereocenters. The minimum atomic E-state index is 0.0259. The number of nitrogens with zero attached hydrogens (tertiary/aromatic N) is 3. The number of nitrogens with one attached hydrogen (secondary N) is 2. The summed E-state index contributed by atoms with van der Waals surface area (Å²) in [5, 5.41) is 7.78. The molecule has 0 saturated heterocycles. The molecule has 4 rings (SSSR count). The second kappa shape index (κ2) is 8.69. The highest BCUT2D eigenvalue weighted by atomic mass is 16.1. The Kier molecular flexibility index (Phi) is 5.84. The molecule has 1 amide bonds. The third-order valence-electron chi connectivity index (χ3n) is 5.79. The zero-order chi connectivity index (χ0) is 21.1. The molecule has 0 atom stereocenters. The van der Waals surface area contributed by atoms with Crippen LogP contribution in [-0.2, 0) is 0 Å². The summed E-state index contributed by atoms with van der Waals surface area (Å²) in [6, 6.07) is 16.3. The molecule has 1 heterocycles. The van der Waals surface area contributed by atoms with Gasteiger partial charge in [-0.05, 0) is 56.4 Å². The lowest BCUT2D eigenvalue weighted by molar-refractivity contribution is 0.0926. The Balaban J connectivity index is 1.38. The van der Waals surface area contributed by atoms with Crippen LogP contribution in [0.3, 0.4) is 0 Å². The highest BCUT2D eigenvalue weighted by molar-refractivity contribution is 5.95. The van der Waals surface area contributed by atoms with Gasteiger partial charge in [-0.1, -0.05) is 30.3 Å². The van der Waals surface area contributed by atoms with E-state index in [1.165, 1.54) is 0 Å². The van der Waals surface area contributed by atoms with E-state index in [0.29, 0.717) is 12.0 Å². The third-order valence-corrected chi connectivity index (χ3v) is 5.79. The summed E-state index contributed by atoms with van der Waals surface area (Å²) in [7, 11) is 4.00. The monoisotopic (exact) mass is 403 g/mol. The van der Waals surface area contributed by atoms with E-state index in [-0.39, 0.29) is 11.9 Å². The van der Waals surface area contributed by atoms with Crippen LogP contribution in [-0.4, -0.2) is 42.1 Å². The summed E-state index contributed by atoms with van der Waals surface area (Å²) in [5.74, 6) is 1.62. The fraction of sp³-hybridized carbons (Fsp3) is 0.375. The summed E-state index contributed by atoms with van der Waals surface area (Å²) in [5.41, 5.74) is 2.71. The standard InChI is InChI=1S/C24H29N5O/c1-16-8-4-5-9-19(16)23(30)25-17-12-14-18(15-13-17)26-24-27-21-11-7-6-10-20(21)22(28-24)29(2)3/h4-11,17-18H,12-15H2,1-3H3,(H,25,30)(H,26,27,28). The molecule has 1 saturated carbocycles. The first-order chi connectivity index (χ1) is 14.5. The number of hydrogen-bond acceptors (Lipinski definition) is 5. The van der Waals surface area contributed by atoms with Crippen LogP contribution in [0.5, 0.6) is 0 Å². The first kappa shape index (κ1) is 20.1. The minimum absolute atomic E-state index is 0.0259. The number of benzene rings is 2. The fourth-order valence-electron chi connectivity index (χ4n) is 4.12. The molecule has 6 nitrogen and oxygen atoms in total. The molecule has 6 heteroatoms. The largest absolute Gasteiger partial charge is 0.362 e. The van der Waals surface area contributed by atoms with Crippen molar-refractivity contribution in [1.82, 2.24) is 15.3 Å². The molecule has 2 N–H and O–H groups in total. The molecular formula is C24H29N5O. The number of carbonyl (C=O) groups is 1. The van der Waals surface area contributed by atoms with Crippen molar-refractivity contribution in [2.45, 2.75) is 44.7 Å². The van der Waals surface area contributed by atoms with E-state index in [9.17, 15) is 4.79 Å². The lowest BCUT2D eigenvalue weighted by Crippen LogP contribution is -2.40. The SMILES string of the molecule is Cc1ccccc1C(=O)NC1CCC(Nc2nc(N(C)C)c3ccccc3n2)CC1. The third kappa shape index (κ3) is 4.37. The van der Waals surface area contributed by atoms with Crippen LogP contribution in [0.4, 0.5) is 11.8 Å². The molecular weight excluding hydrogens is 374 g/mol. The van der Waals surface area contributed by atoms with Crippen LogP contribution in [0.25, 0.3) is 10.9 Å². The maximum atomic E-state index is 12.6. The Morgan fingerprint density at radius 1 is 0.933 bits per heavy atom. The molecule has 1 aliphatic carbocycles. The lowest BCUT2D eigenvalue weighted by atomic mass is 9.91. The van der Waals surface area contributed by atoms with Crippen molar-refractivity contribution in [3.05, 3.63) is 59.7 Å². The van der Waals surface area contributed by atoms with E-state index in [4.69, 9.17) is 9.97 Å². The zero-order valence-electron chi connectivity index (χ0n) is 17.9. The Labute approximate surface area is 177 Å². The van der Waals surface area contributed by atoms with E-state index in [2.05, 4.69) is 16.7 Å². The van der Waals surface area contributed by atoms with Gasteiger partial charge >= 0.3 is 0 Å². The van der Waals surface area contributed by atoms with Crippen molar-refractivity contribution in [3.8, 4) is 0 Å². The Bertz CT molecular complexity index is 1040. The predicted molar refractivity (Wildman–Crippen MR) is 122 cm³/mol. The van der Waals surface area contributed by atoms with Gasteiger partial charge in [0, 0.05) is 37.1 Å². The fourth-order valence-corrected chi connectivity index (χ4v) is 4.12. The second-order valence-corrected chi connectivity index (χ2v) is 8.26. The van der Waals surface area contributed by atoms with Gasteiger partial charge in [0.05, 0.1) is 5.52 Å². The number of rotatable bonds is 5. The van der Waals surface area contributed by atoms with Crippen molar-refractivity contribution in [1.29, 1.82) is 0 Å². The molecule has 0 aliphatic heterocycles. The van der Waals surface area contributed by atoms with Crippen LogP contribution in [0.15, 0.2) is 48.5 Å². The first-order valence-corrected chi connectivity index (χ1v) is 10.6. The van der Waals surface area contributed by atoms with Crippen molar-refractivity contribution < 1.29 is 4.79 Å². The van der Waals surface area contributed by atoms with Gasteiger partial charge in [-0.2, -0.15) is 4.98 Å². The van der Waals surface area contributed by atoms with E-state index in [1.807, 2.05) is 68.4 Å².